The highest BCUT2D eigenvalue weighted by molar-refractivity contribution is 5.56. The van der Waals surface area contributed by atoms with Gasteiger partial charge in [-0.25, -0.2) is 0 Å². The first-order chi connectivity index (χ1) is 9.81. The molecule has 0 saturated heterocycles. The number of nitrogens with zero attached hydrogens (tertiary/aromatic N) is 3. The van der Waals surface area contributed by atoms with Crippen LogP contribution in [0.3, 0.4) is 0 Å². The molecule has 0 radical (unpaired) electrons. The van der Waals surface area contributed by atoms with Gasteiger partial charge < -0.3 is 9.47 Å². The second kappa shape index (κ2) is 4.91. The summed E-state index contributed by atoms with van der Waals surface area (Å²) in [5, 5.41) is 18.1. The molecule has 0 atom stereocenters. The van der Waals surface area contributed by atoms with E-state index in [0.29, 0.717) is 24.7 Å². The third-order valence-electron chi connectivity index (χ3n) is 3.06. The van der Waals surface area contributed by atoms with Crippen molar-refractivity contribution in [2.24, 2.45) is 0 Å². The van der Waals surface area contributed by atoms with Crippen LogP contribution in [0.1, 0.15) is 22.4 Å². The Labute approximate surface area is 115 Å². The smallest absolute Gasteiger partial charge is 0.163 e. The maximum Gasteiger partial charge on any atom is 0.163 e. The van der Waals surface area contributed by atoms with E-state index in [1.54, 1.807) is 6.20 Å². The summed E-state index contributed by atoms with van der Waals surface area (Å²) in [5.74, 6) is 0.923. The van der Waals surface area contributed by atoms with Crippen molar-refractivity contribution in [3.63, 3.8) is 0 Å². The van der Waals surface area contributed by atoms with Crippen molar-refractivity contribution in [1.82, 2.24) is 4.98 Å². The standard InChI is InChI=1S/C15H9N3O2/c16-6-11-4-14-15(5-12(11)7-17)20-9-13-10(8-19-14)2-1-3-18-13/h1-5H,8-9H2. The fourth-order valence-electron chi connectivity index (χ4n) is 2.00. The van der Waals surface area contributed by atoms with Crippen molar-refractivity contribution >= 4 is 0 Å². The van der Waals surface area contributed by atoms with E-state index >= 15 is 0 Å². The molecule has 3 rings (SSSR count). The molecule has 0 aliphatic carbocycles. The fourth-order valence-corrected chi connectivity index (χ4v) is 2.00. The van der Waals surface area contributed by atoms with Gasteiger partial charge >= 0.3 is 0 Å². The summed E-state index contributed by atoms with van der Waals surface area (Å²) in [6.07, 6.45) is 1.70. The van der Waals surface area contributed by atoms with Gasteiger partial charge in [0.15, 0.2) is 11.5 Å². The molecule has 0 saturated carbocycles. The number of pyridine rings is 1. The Morgan fingerprint density at radius 1 is 1.00 bits per heavy atom. The van der Waals surface area contributed by atoms with Crippen LogP contribution in [0, 0.1) is 22.7 Å². The number of hydrogen-bond acceptors (Lipinski definition) is 5. The Morgan fingerprint density at radius 3 is 2.30 bits per heavy atom. The predicted molar refractivity (Wildman–Crippen MR) is 68.8 cm³/mol. The molecule has 5 nitrogen and oxygen atoms in total. The topological polar surface area (TPSA) is 78.9 Å². The van der Waals surface area contributed by atoms with E-state index in [1.807, 2.05) is 24.3 Å². The first-order valence-corrected chi connectivity index (χ1v) is 5.98. The minimum absolute atomic E-state index is 0.275. The molecule has 1 aromatic heterocycles. The van der Waals surface area contributed by atoms with Crippen molar-refractivity contribution in [2.45, 2.75) is 13.2 Å². The fraction of sp³-hybridized carbons (Fsp3) is 0.133. The lowest BCUT2D eigenvalue weighted by Gasteiger charge is -2.18. The van der Waals surface area contributed by atoms with Gasteiger partial charge in [-0.3, -0.25) is 4.98 Å². The van der Waals surface area contributed by atoms with E-state index in [0.717, 1.165) is 11.3 Å². The van der Waals surface area contributed by atoms with E-state index < -0.39 is 0 Å². The van der Waals surface area contributed by atoms with E-state index in [1.165, 1.54) is 12.1 Å². The van der Waals surface area contributed by atoms with Crippen LogP contribution < -0.4 is 9.47 Å². The first kappa shape index (κ1) is 12.0. The van der Waals surface area contributed by atoms with Crippen LogP contribution in [0.5, 0.6) is 11.5 Å². The zero-order valence-corrected chi connectivity index (χ0v) is 10.5. The molecule has 20 heavy (non-hydrogen) atoms. The molecule has 2 aromatic rings. The molecule has 96 valence electrons. The summed E-state index contributed by atoms with van der Waals surface area (Å²) in [7, 11) is 0. The van der Waals surface area contributed by atoms with Gasteiger partial charge in [-0.2, -0.15) is 10.5 Å². The third-order valence-corrected chi connectivity index (χ3v) is 3.06. The predicted octanol–water partition coefficient (Wildman–Crippen LogP) is 2.30. The number of benzene rings is 1. The molecule has 0 spiro atoms. The summed E-state index contributed by atoms with van der Waals surface area (Å²) in [6, 6.07) is 10.8. The first-order valence-electron chi connectivity index (χ1n) is 5.98. The Morgan fingerprint density at radius 2 is 1.65 bits per heavy atom. The number of fused-ring (bicyclic) bond motifs is 2. The number of rotatable bonds is 0. The minimum Gasteiger partial charge on any atom is -0.485 e. The lowest BCUT2D eigenvalue weighted by molar-refractivity contribution is 0.234. The van der Waals surface area contributed by atoms with Crippen molar-refractivity contribution in [2.75, 3.05) is 0 Å². The molecule has 0 unspecified atom stereocenters. The van der Waals surface area contributed by atoms with Crippen LogP contribution in [-0.4, -0.2) is 4.98 Å². The van der Waals surface area contributed by atoms with Gasteiger partial charge in [0.25, 0.3) is 0 Å². The van der Waals surface area contributed by atoms with Gasteiger partial charge in [-0.1, -0.05) is 6.07 Å². The zero-order valence-electron chi connectivity index (χ0n) is 10.5. The maximum atomic E-state index is 9.03. The molecule has 0 bridgehead atoms. The van der Waals surface area contributed by atoms with Gasteiger partial charge in [0.05, 0.1) is 16.8 Å². The number of hydrogen-bond donors (Lipinski definition) is 0. The zero-order chi connectivity index (χ0) is 13.9. The van der Waals surface area contributed by atoms with Crippen LogP contribution in [0.4, 0.5) is 0 Å². The van der Waals surface area contributed by atoms with Crippen LogP contribution >= 0.6 is 0 Å². The normalized spacial score (nSPS) is 12.3. The van der Waals surface area contributed by atoms with Crippen molar-refractivity contribution in [1.29, 1.82) is 10.5 Å². The average Bonchev–Trinajstić information content (AvgIpc) is 2.49. The average molecular weight is 263 g/mol. The second-order valence-electron chi connectivity index (χ2n) is 4.25. The van der Waals surface area contributed by atoms with Gasteiger partial charge in [-0.15, -0.1) is 0 Å². The van der Waals surface area contributed by atoms with Gasteiger partial charge in [0.2, 0.25) is 0 Å². The Bertz CT molecular complexity index is 693. The molecule has 1 aliphatic rings. The minimum atomic E-state index is 0.275. The quantitative estimate of drug-likeness (QED) is 0.728. The monoisotopic (exact) mass is 263 g/mol. The van der Waals surface area contributed by atoms with Gasteiger partial charge in [0.1, 0.15) is 25.4 Å². The summed E-state index contributed by atoms with van der Waals surface area (Å²) in [4.78, 5) is 4.25. The van der Waals surface area contributed by atoms with Gasteiger partial charge in [0, 0.05) is 23.9 Å². The molecular weight excluding hydrogens is 254 g/mol. The summed E-state index contributed by atoms with van der Waals surface area (Å²) in [5.41, 5.74) is 2.31. The molecule has 5 heteroatoms. The second-order valence-corrected chi connectivity index (χ2v) is 4.25. The molecule has 2 heterocycles. The van der Waals surface area contributed by atoms with Crippen LogP contribution in [0.25, 0.3) is 0 Å². The van der Waals surface area contributed by atoms with Crippen LogP contribution in [0.2, 0.25) is 0 Å². The highest BCUT2D eigenvalue weighted by Gasteiger charge is 2.16. The molecular formula is C15H9N3O2. The molecule has 0 amide bonds. The highest BCUT2D eigenvalue weighted by Crippen LogP contribution is 2.33. The number of aromatic nitrogens is 1. The molecule has 1 aromatic carbocycles. The maximum absolute atomic E-state index is 9.03. The lowest BCUT2D eigenvalue weighted by Crippen LogP contribution is -2.10. The van der Waals surface area contributed by atoms with E-state index in [9.17, 15) is 0 Å². The summed E-state index contributed by atoms with van der Waals surface area (Å²) >= 11 is 0. The Balaban J connectivity index is 2.03. The van der Waals surface area contributed by atoms with Crippen LogP contribution in [0.15, 0.2) is 30.5 Å². The Kier molecular flexibility index (Phi) is 2.95. The SMILES string of the molecule is N#Cc1cc2c(cc1C#N)OCc1ncccc1CO2. The molecule has 1 aliphatic heterocycles. The summed E-state index contributed by atoms with van der Waals surface area (Å²) in [6.45, 7) is 0.666. The third kappa shape index (κ3) is 2.02. The van der Waals surface area contributed by atoms with E-state index in [4.69, 9.17) is 20.0 Å². The highest BCUT2D eigenvalue weighted by atomic mass is 16.5. The van der Waals surface area contributed by atoms with E-state index in [-0.39, 0.29) is 11.1 Å². The molecule has 0 fully saturated rings. The Hall–Kier alpha value is -3.05. The largest absolute Gasteiger partial charge is 0.485 e. The number of ether oxygens (including phenoxy) is 2. The lowest BCUT2D eigenvalue weighted by atomic mass is 10.1. The van der Waals surface area contributed by atoms with Crippen molar-refractivity contribution < 1.29 is 9.47 Å². The van der Waals surface area contributed by atoms with Crippen molar-refractivity contribution in [3.05, 3.63) is 52.8 Å². The summed E-state index contributed by atoms with van der Waals surface area (Å²) < 4.78 is 11.3. The van der Waals surface area contributed by atoms with E-state index in [2.05, 4.69) is 4.98 Å². The van der Waals surface area contributed by atoms with Crippen LogP contribution in [-0.2, 0) is 13.2 Å². The van der Waals surface area contributed by atoms with Gasteiger partial charge in [-0.05, 0) is 6.07 Å². The number of nitriles is 2. The molecule has 0 N–H and O–H groups in total. The van der Waals surface area contributed by atoms with Crippen molar-refractivity contribution in [3.8, 4) is 23.6 Å².